The van der Waals surface area contributed by atoms with E-state index >= 15 is 0 Å². The molecule has 10 heteroatoms. The lowest BCUT2D eigenvalue weighted by Crippen LogP contribution is -2.22. The first-order chi connectivity index (χ1) is 19.5. The molecule has 0 saturated carbocycles. The maximum Gasteiger partial charge on any atom is 0.341 e. The van der Waals surface area contributed by atoms with Crippen molar-refractivity contribution in [3.63, 3.8) is 0 Å². The fourth-order valence-corrected chi connectivity index (χ4v) is 6.12. The standard InChI is InChI=1S/C30H31N3O6S/c1-3-38-30(36)26-21-8-6-4-5-7-9-24(21)40-28(26)33-25(34)17-39-29(35)19-12-15-22-23(16-19)32-27(31-22)18-10-13-20(37-2)14-11-18/h10-16H,3-9,17H2,1-2H3,(H,31,32)(H,33,34). The van der Waals surface area contributed by atoms with Crippen molar-refractivity contribution in [1.82, 2.24) is 9.97 Å². The maximum absolute atomic E-state index is 12.8. The van der Waals surface area contributed by atoms with Gasteiger partial charge < -0.3 is 24.5 Å². The summed E-state index contributed by atoms with van der Waals surface area (Å²) >= 11 is 1.41. The van der Waals surface area contributed by atoms with E-state index in [2.05, 4.69) is 15.3 Å². The molecule has 0 atom stereocenters. The first-order valence-electron chi connectivity index (χ1n) is 13.4. The van der Waals surface area contributed by atoms with Crippen LogP contribution in [0.25, 0.3) is 22.4 Å². The van der Waals surface area contributed by atoms with E-state index in [0.29, 0.717) is 27.4 Å². The number of aryl methyl sites for hydroxylation is 1. The summed E-state index contributed by atoms with van der Waals surface area (Å²) in [5.74, 6) is -0.186. The molecule has 0 saturated heterocycles. The highest BCUT2D eigenvalue weighted by molar-refractivity contribution is 7.17. The number of ether oxygens (including phenoxy) is 3. The fraction of sp³-hybridized carbons (Fsp3) is 0.333. The number of thiophene rings is 1. The van der Waals surface area contributed by atoms with Gasteiger partial charge in [-0.15, -0.1) is 11.3 Å². The van der Waals surface area contributed by atoms with Crippen LogP contribution in [0.3, 0.4) is 0 Å². The molecule has 0 fully saturated rings. The Morgan fingerprint density at radius 1 is 0.975 bits per heavy atom. The minimum Gasteiger partial charge on any atom is -0.497 e. The van der Waals surface area contributed by atoms with Crippen LogP contribution in [0.5, 0.6) is 5.75 Å². The van der Waals surface area contributed by atoms with Gasteiger partial charge in [0.2, 0.25) is 0 Å². The zero-order valence-corrected chi connectivity index (χ0v) is 23.3. The smallest absolute Gasteiger partial charge is 0.341 e. The first-order valence-corrected chi connectivity index (χ1v) is 14.2. The van der Waals surface area contributed by atoms with Crippen molar-refractivity contribution >= 4 is 45.2 Å². The molecule has 1 aliphatic rings. The monoisotopic (exact) mass is 561 g/mol. The second kappa shape index (κ2) is 12.3. The average Bonchev–Trinajstić information content (AvgIpc) is 3.52. The third-order valence-corrected chi connectivity index (χ3v) is 8.03. The number of carbonyl (C=O) groups is 3. The molecule has 2 aromatic carbocycles. The molecule has 208 valence electrons. The first kappa shape index (κ1) is 27.4. The van der Waals surface area contributed by atoms with Crippen molar-refractivity contribution in [2.45, 2.75) is 45.4 Å². The molecular formula is C30H31N3O6S. The summed E-state index contributed by atoms with van der Waals surface area (Å²) in [7, 11) is 1.61. The number of aromatic amines is 1. The average molecular weight is 562 g/mol. The Balaban J connectivity index is 1.26. The topological polar surface area (TPSA) is 120 Å². The van der Waals surface area contributed by atoms with Gasteiger partial charge in [0.15, 0.2) is 6.61 Å². The summed E-state index contributed by atoms with van der Waals surface area (Å²) in [5.41, 5.74) is 3.93. The highest BCUT2D eigenvalue weighted by Gasteiger charge is 2.26. The number of hydrogen-bond donors (Lipinski definition) is 2. The minimum atomic E-state index is -0.637. The molecule has 1 amide bonds. The van der Waals surface area contributed by atoms with E-state index in [1.807, 2.05) is 24.3 Å². The number of esters is 2. The largest absolute Gasteiger partial charge is 0.497 e. The number of anilines is 1. The lowest BCUT2D eigenvalue weighted by molar-refractivity contribution is -0.119. The van der Waals surface area contributed by atoms with Crippen molar-refractivity contribution in [1.29, 1.82) is 0 Å². The number of fused-ring (bicyclic) bond motifs is 2. The Labute approximate surface area is 235 Å². The number of nitrogens with one attached hydrogen (secondary N) is 2. The predicted octanol–water partition coefficient (Wildman–Crippen LogP) is 5.93. The van der Waals surface area contributed by atoms with E-state index in [4.69, 9.17) is 14.2 Å². The highest BCUT2D eigenvalue weighted by Crippen LogP contribution is 2.37. The molecule has 2 aromatic heterocycles. The van der Waals surface area contributed by atoms with Gasteiger partial charge in [-0.25, -0.2) is 14.6 Å². The zero-order valence-electron chi connectivity index (χ0n) is 22.5. The number of nitrogens with zero attached hydrogens (tertiary/aromatic N) is 1. The van der Waals surface area contributed by atoms with E-state index in [-0.39, 0.29) is 12.2 Å². The van der Waals surface area contributed by atoms with Crippen LogP contribution in [0.4, 0.5) is 5.00 Å². The summed E-state index contributed by atoms with van der Waals surface area (Å²) in [4.78, 5) is 47.3. The van der Waals surface area contributed by atoms with Crippen molar-refractivity contribution in [2.24, 2.45) is 0 Å². The van der Waals surface area contributed by atoms with Gasteiger partial charge in [0.25, 0.3) is 5.91 Å². The molecule has 1 aliphatic carbocycles. The number of hydrogen-bond acceptors (Lipinski definition) is 8. The number of amides is 1. The highest BCUT2D eigenvalue weighted by atomic mass is 32.1. The van der Waals surface area contributed by atoms with Gasteiger partial charge in [0, 0.05) is 10.4 Å². The molecule has 9 nitrogen and oxygen atoms in total. The Bertz CT molecular complexity index is 1540. The van der Waals surface area contributed by atoms with Crippen LogP contribution in [0.1, 0.15) is 63.8 Å². The Kier molecular flexibility index (Phi) is 8.45. The van der Waals surface area contributed by atoms with Gasteiger partial charge in [-0.2, -0.15) is 0 Å². The van der Waals surface area contributed by atoms with Gasteiger partial charge in [-0.05, 0) is 80.6 Å². The molecule has 0 unspecified atom stereocenters. The van der Waals surface area contributed by atoms with Crippen LogP contribution in [-0.4, -0.2) is 48.1 Å². The van der Waals surface area contributed by atoms with E-state index in [1.54, 1.807) is 32.2 Å². The summed E-state index contributed by atoms with van der Waals surface area (Å²) < 4.78 is 15.8. The van der Waals surface area contributed by atoms with Gasteiger partial charge in [-0.1, -0.05) is 12.8 Å². The lowest BCUT2D eigenvalue weighted by atomic mass is 9.96. The quantitative estimate of drug-likeness (QED) is 0.256. The number of rotatable bonds is 8. The van der Waals surface area contributed by atoms with E-state index < -0.39 is 24.5 Å². The summed E-state index contributed by atoms with van der Waals surface area (Å²) in [6, 6.07) is 12.5. The Morgan fingerprint density at radius 3 is 2.50 bits per heavy atom. The van der Waals surface area contributed by atoms with E-state index in [1.165, 1.54) is 11.3 Å². The third kappa shape index (κ3) is 6.02. The molecule has 2 N–H and O–H groups in total. The van der Waals surface area contributed by atoms with Crippen LogP contribution >= 0.6 is 11.3 Å². The number of benzene rings is 2. The van der Waals surface area contributed by atoms with Crippen molar-refractivity contribution in [3.8, 4) is 17.1 Å². The summed E-state index contributed by atoms with van der Waals surface area (Å²) in [5, 5.41) is 3.25. The zero-order chi connectivity index (χ0) is 28.1. The maximum atomic E-state index is 12.8. The number of methoxy groups -OCH3 is 1. The van der Waals surface area contributed by atoms with Gasteiger partial charge in [0.05, 0.1) is 35.9 Å². The van der Waals surface area contributed by atoms with E-state index in [9.17, 15) is 14.4 Å². The van der Waals surface area contributed by atoms with Crippen molar-refractivity contribution in [3.05, 3.63) is 64.0 Å². The molecule has 0 aliphatic heterocycles. The molecular weight excluding hydrogens is 530 g/mol. The van der Waals surface area contributed by atoms with Gasteiger partial charge >= 0.3 is 11.9 Å². The molecule has 0 radical (unpaired) electrons. The van der Waals surface area contributed by atoms with Crippen LogP contribution in [-0.2, 0) is 27.1 Å². The predicted molar refractivity (Wildman–Crippen MR) is 153 cm³/mol. The normalized spacial score (nSPS) is 13.2. The van der Waals surface area contributed by atoms with Crippen LogP contribution in [0.15, 0.2) is 42.5 Å². The van der Waals surface area contributed by atoms with Crippen molar-refractivity contribution in [2.75, 3.05) is 25.6 Å². The lowest BCUT2D eigenvalue weighted by Gasteiger charge is -2.11. The Morgan fingerprint density at radius 2 is 1.75 bits per heavy atom. The van der Waals surface area contributed by atoms with Gasteiger partial charge in [-0.3, -0.25) is 4.79 Å². The molecule has 40 heavy (non-hydrogen) atoms. The molecule has 5 rings (SSSR count). The van der Waals surface area contributed by atoms with E-state index in [0.717, 1.165) is 60.3 Å². The molecule has 4 aromatic rings. The molecule has 0 bridgehead atoms. The number of H-pyrrole nitrogens is 1. The number of carbonyl (C=O) groups excluding carboxylic acids is 3. The van der Waals surface area contributed by atoms with Crippen LogP contribution in [0.2, 0.25) is 0 Å². The van der Waals surface area contributed by atoms with Crippen LogP contribution < -0.4 is 10.1 Å². The summed E-state index contributed by atoms with van der Waals surface area (Å²) in [6.07, 6.45) is 5.94. The van der Waals surface area contributed by atoms with Gasteiger partial charge in [0.1, 0.15) is 16.6 Å². The number of imidazole rings is 1. The van der Waals surface area contributed by atoms with Crippen LogP contribution in [0, 0.1) is 0 Å². The third-order valence-electron chi connectivity index (χ3n) is 6.82. The molecule has 0 spiro atoms. The second-order valence-corrected chi connectivity index (χ2v) is 10.6. The van der Waals surface area contributed by atoms with Crippen molar-refractivity contribution < 1.29 is 28.6 Å². The second-order valence-electron chi connectivity index (χ2n) is 9.51. The molecule has 2 heterocycles. The SMILES string of the molecule is CCOC(=O)c1c(NC(=O)COC(=O)c2ccc3nc(-c4ccc(OC)cc4)[nH]c3c2)sc2c1CCCCCC2. The Hall–Kier alpha value is -4.18. The fourth-order valence-electron chi connectivity index (χ4n) is 4.83. The minimum absolute atomic E-state index is 0.247. The summed E-state index contributed by atoms with van der Waals surface area (Å²) in [6.45, 7) is 1.52. The number of aromatic nitrogens is 2.